The maximum Gasteiger partial charge on any atom is 0.372 e. The van der Waals surface area contributed by atoms with Crippen LogP contribution in [0.15, 0.2) is 6.33 Å². The smallest absolute Gasteiger partial charge is 0.372 e. The van der Waals surface area contributed by atoms with E-state index < -0.39 is 4.92 Å². The molecule has 0 spiro atoms. The first-order valence-electron chi connectivity index (χ1n) is 5.57. The third kappa shape index (κ3) is 3.81. The molecule has 0 atom stereocenters. The zero-order chi connectivity index (χ0) is 13.5. The summed E-state index contributed by atoms with van der Waals surface area (Å²) in [6.45, 7) is 3.35. The molecule has 1 rings (SSSR count). The van der Waals surface area contributed by atoms with Crippen molar-refractivity contribution < 1.29 is 9.66 Å². The molecule has 0 fully saturated rings. The Bertz CT molecular complexity index is 410. The van der Waals surface area contributed by atoms with Gasteiger partial charge in [0.2, 0.25) is 5.82 Å². The van der Waals surface area contributed by atoms with Crippen LogP contribution in [0.25, 0.3) is 0 Å². The number of hydrogen-bond donors (Lipinski definition) is 1. The van der Waals surface area contributed by atoms with E-state index in [0.717, 1.165) is 6.54 Å². The zero-order valence-electron chi connectivity index (χ0n) is 10.7. The molecule has 0 aliphatic carbocycles. The Morgan fingerprint density at radius 2 is 2.22 bits per heavy atom. The van der Waals surface area contributed by atoms with Gasteiger partial charge in [-0.1, -0.05) is 0 Å². The SMILES string of the molecule is CCOc1ncnc(NCCN(C)C)c1[N+](=O)[O-]. The summed E-state index contributed by atoms with van der Waals surface area (Å²) in [5, 5.41) is 13.9. The monoisotopic (exact) mass is 255 g/mol. The Morgan fingerprint density at radius 3 is 2.78 bits per heavy atom. The van der Waals surface area contributed by atoms with E-state index >= 15 is 0 Å². The second-order valence-electron chi connectivity index (χ2n) is 3.80. The first kappa shape index (κ1) is 14.1. The van der Waals surface area contributed by atoms with Gasteiger partial charge in [0.1, 0.15) is 6.33 Å². The van der Waals surface area contributed by atoms with Crippen LogP contribution in [0.5, 0.6) is 5.88 Å². The van der Waals surface area contributed by atoms with Crippen LogP contribution < -0.4 is 10.1 Å². The highest BCUT2D eigenvalue weighted by Gasteiger charge is 2.23. The lowest BCUT2D eigenvalue weighted by molar-refractivity contribution is -0.385. The lowest BCUT2D eigenvalue weighted by Crippen LogP contribution is -2.21. The average molecular weight is 255 g/mol. The number of hydrogen-bond acceptors (Lipinski definition) is 7. The van der Waals surface area contributed by atoms with Gasteiger partial charge in [0, 0.05) is 13.1 Å². The lowest BCUT2D eigenvalue weighted by Gasteiger charge is -2.11. The zero-order valence-corrected chi connectivity index (χ0v) is 10.7. The molecule has 0 unspecified atom stereocenters. The predicted octanol–water partition coefficient (Wildman–Crippen LogP) is 0.757. The molecule has 100 valence electrons. The summed E-state index contributed by atoms with van der Waals surface area (Å²) in [4.78, 5) is 20.1. The van der Waals surface area contributed by atoms with Gasteiger partial charge in [-0.2, -0.15) is 4.98 Å². The van der Waals surface area contributed by atoms with Gasteiger partial charge in [-0.05, 0) is 21.0 Å². The summed E-state index contributed by atoms with van der Waals surface area (Å²) < 4.78 is 5.12. The van der Waals surface area contributed by atoms with E-state index in [1.165, 1.54) is 6.33 Å². The second-order valence-corrected chi connectivity index (χ2v) is 3.80. The van der Waals surface area contributed by atoms with Crippen molar-refractivity contribution in [3.05, 3.63) is 16.4 Å². The molecule has 0 aliphatic rings. The minimum absolute atomic E-state index is 0.00940. The fraction of sp³-hybridized carbons (Fsp3) is 0.600. The quantitative estimate of drug-likeness (QED) is 0.567. The largest absolute Gasteiger partial charge is 0.473 e. The molecule has 1 aromatic heterocycles. The molecule has 0 saturated carbocycles. The molecular weight excluding hydrogens is 238 g/mol. The maximum absolute atomic E-state index is 11.0. The number of anilines is 1. The van der Waals surface area contributed by atoms with Gasteiger partial charge in [-0.25, -0.2) is 4.98 Å². The third-order valence-electron chi connectivity index (χ3n) is 2.10. The van der Waals surface area contributed by atoms with E-state index in [-0.39, 0.29) is 17.4 Å². The van der Waals surface area contributed by atoms with Crippen LogP contribution in [0, 0.1) is 10.1 Å². The number of nitrogens with zero attached hydrogens (tertiary/aromatic N) is 4. The highest BCUT2D eigenvalue weighted by Crippen LogP contribution is 2.30. The Balaban J connectivity index is 2.88. The Labute approximate surface area is 105 Å². The van der Waals surface area contributed by atoms with Crippen molar-refractivity contribution in [2.75, 3.05) is 39.1 Å². The molecule has 0 saturated heterocycles. The standard InChI is InChI=1S/C10H17N5O3/c1-4-18-10-8(15(16)17)9(12-7-13-10)11-5-6-14(2)3/h7H,4-6H2,1-3H3,(H,11,12,13). The van der Waals surface area contributed by atoms with Gasteiger partial charge in [-0.3, -0.25) is 10.1 Å². The molecule has 0 radical (unpaired) electrons. The highest BCUT2D eigenvalue weighted by molar-refractivity contribution is 5.61. The van der Waals surface area contributed by atoms with Crippen LogP contribution in [0.1, 0.15) is 6.92 Å². The van der Waals surface area contributed by atoms with E-state index in [1.807, 2.05) is 19.0 Å². The second kappa shape index (κ2) is 6.70. The number of nitro groups is 1. The number of nitrogens with one attached hydrogen (secondary N) is 1. The highest BCUT2D eigenvalue weighted by atomic mass is 16.6. The molecule has 0 aromatic carbocycles. The molecule has 18 heavy (non-hydrogen) atoms. The number of aromatic nitrogens is 2. The van der Waals surface area contributed by atoms with Gasteiger partial charge < -0.3 is 15.0 Å². The number of ether oxygens (including phenoxy) is 1. The molecule has 8 heteroatoms. The summed E-state index contributed by atoms with van der Waals surface area (Å²) in [5.41, 5.74) is -0.224. The van der Waals surface area contributed by atoms with Crippen LogP contribution in [0.3, 0.4) is 0 Å². The third-order valence-corrected chi connectivity index (χ3v) is 2.10. The summed E-state index contributed by atoms with van der Waals surface area (Å²) in [6.07, 6.45) is 1.25. The predicted molar refractivity (Wildman–Crippen MR) is 66.9 cm³/mol. The molecular formula is C10H17N5O3. The summed E-state index contributed by atoms with van der Waals surface area (Å²) >= 11 is 0. The van der Waals surface area contributed by atoms with Crippen molar-refractivity contribution >= 4 is 11.5 Å². The van der Waals surface area contributed by atoms with Crippen molar-refractivity contribution in [1.29, 1.82) is 0 Å². The summed E-state index contributed by atoms with van der Waals surface area (Å²) in [6, 6.07) is 0. The Morgan fingerprint density at radius 1 is 1.50 bits per heavy atom. The van der Waals surface area contributed by atoms with E-state index in [4.69, 9.17) is 4.74 Å². The van der Waals surface area contributed by atoms with Crippen molar-refractivity contribution in [2.45, 2.75) is 6.92 Å². The van der Waals surface area contributed by atoms with Crippen LogP contribution in [-0.4, -0.2) is 53.6 Å². The van der Waals surface area contributed by atoms with Crippen molar-refractivity contribution in [3.8, 4) is 5.88 Å². The molecule has 0 aliphatic heterocycles. The normalized spacial score (nSPS) is 10.4. The van der Waals surface area contributed by atoms with Crippen molar-refractivity contribution in [2.24, 2.45) is 0 Å². The molecule has 1 aromatic rings. The minimum atomic E-state index is -0.539. The van der Waals surface area contributed by atoms with Gasteiger partial charge in [0.15, 0.2) is 0 Å². The van der Waals surface area contributed by atoms with Crippen LogP contribution in [0.4, 0.5) is 11.5 Å². The maximum atomic E-state index is 11.0. The topological polar surface area (TPSA) is 93.4 Å². The lowest BCUT2D eigenvalue weighted by atomic mass is 10.4. The van der Waals surface area contributed by atoms with E-state index in [1.54, 1.807) is 6.92 Å². The van der Waals surface area contributed by atoms with Crippen molar-refractivity contribution in [1.82, 2.24) is 14.9 Å². The van der Waals surface area contributed by atoms with Crippen LogP contribution in [0.2, 0.25) is 0 Å². The number of likely N-dealkylation sites (N-methyl/N-ethyl adjacent to an activating group) is 1. The number of rotatable bonds is 7. The average Bonchev–Trinajstić information content (AvgIpc) is 2.28. The molecule has 0 amide bonds. The fourth-order valence-corrected chi connectivity index (χ4v) is 1.30. The van der Waals surface area contributed by atoms with E-state index in [9.17, 15) is 10.1 Å². The van der Waals surface area contributed by atoms with Gasteiger partial charge in [0.05, 0.1) is 11.5 Å². The molecule has 8 nitrogen and oxygen atoms in total. The van der Waals surface area contributed by atoms with Gasteiger partial charge in [-0.15, -0.1) is 0 Å². The first-order chi connectivity index (χ1) is 8.56. The van der Waals surface area contributed by atoms with E-state index in [2.05, 4.69) is 15.3 Å². The van der Waals surface area contributed by atoms with Crippen LogP contribution >= 0.6 is 0 Å². The first-order valence-corrected chi connectivity index (χ1v) is 5.57. The van der Waals surface area contributed by atoms with Crippen LogP contribution in [-0.2, 0) is 0 Å². The van der Waals surface area contributed by atoms with Crippen molar-refractivity contribution in [3.63, 3.8) is 0 Å². The fourth-order valence-electron chi connectivity index (χ4n) is 1.30. The Hall–Kier alpha value is -1.96. The molecule has 1 N–H and O–H groups in total. The summed E-state index contributed by atoms with van der Waals surface area (Å²) in [7, 11) is 3.84. The van der Waals surface area contributed by atoms with Gasteiger partial charge in [0.25, 0.3) is 5.88 Å². The minimum Gasteiger partial charge on any atom is -0.473 e. The summed E-state index contributed by atoms with van der Waals surface area (Å²) in [5.74, 6) is 0.171. The molecule has 0 bridgehead atoms. The van der Waals surface area contributed by atoms with Gasteiger partial charge >= 0.3 is 5.69 Å². The van der Waals surface area contributed by atoms with E-state index in [0.29, 0.717) is 13.2 Å². The Kier molecular flexibility index (Phi) is 5.25. The molecule has 1 heterocycles.